The van der Waals surface area contributed by atoms with Gasteiger partial charge in [-0.2, -0.15) is 0 Å². The minimum Gasteiger partial charge on any atom is -0.337 e. The molecule has 94 valence electrons. The molecule has 0 aliphatic rings. The first-order chi connectivity index (χ1) is 8.74. The number of hydrogen-bond acceptors (Lipinski definition) is 3. The van der Waals surface area contributed by atoms with Crippen molar-refractivity contribution in [3.05, 3.63) is 45.9 Å². The highest BCUT2D eigenvalue weighted by atomic mass is 35.5. The van der Waals surface area contributed by atoms with Crippen LogP contribution in [-0.4, -0.2) is 17.6 Å². The quantitative estimate of drug-likeness (QED) is 0.904. The number of nitrogens with zero attached hydrogens (tertiary/aromatic N) is 1. The van der Waals surface area contributed by atoms with E-state index in [-0.39, 0.29) is 6.03 Å². The molecule has 2 aromatic rings. The highest BCUT2D eigenvalue weighted by Crippen LogP contribution is 2.13. The van der Waals surface area contributed by atoms with Crippen molar-refractivity contribution in [2.75, 3.05) is 11.9 Å². The normalized spacial score (nSPS) is 10.1. The molecule has 2 N–H and O–H groups in total. The number of carbonyl (C=O) groups is 1. The molecule has 0 aliphatic heterocycles. The Hall–Kier alpha value is -1.59. The van der Waals surface area contributed by atoms with E-state index in [9.17, 15) is 4.79 Å². The lowest BCUT2D eigenvalue weighted by Crippen LogP contribution is -2.30. The van der Waals surface area contributed by atoms with Gasteiger partial charge in [-0.1, -0.05) is 11.6 Å². The monoisotopic (exact) mass is 281 g/mol. The summed E-state index contributed by atoms with van der Waals surface area (Å²) in [7, 11) is 0. The van der Waals surface area contributed by atoms with Crippen LogP contribution in [0.25, 0.3) is 0 Å². The van der Waals surface area contributed by atoms with Crippen LogP contribution >= 0.6 is 22.9 Å². The zero-order valence-electron chi connectivity index (χ0n) is 9.52. The van der Waals surface area contributed by atoms with Gasteiger partial charge in [0.25, 0.3) is 0 Å². The van der Waals surface area contributed by atoms with Crippen LogP contribution in [0.2, 0.25) is 5.02 Å². The Morgan fingerprint density at radius 3 is 2.78 bits per heavy atom. The van der Waals surface area contributed by atoms with Gasteiger partial charge in [-0.05, 0) is 24.3 Å². The maximum atomic E-state index is 11.6. The largest absolute Gasteiger partial charge is 0.337 e. The van der Waals surface area contributed by atoms with Gasteiger partial charge in [0.2, 0.25) is 0 Å². The number of amides is 2. The van der Waals surface area contributed by atoms with E-state index in [0.29, 0.717) is 17.3 Å². The highest BCUT2D eigenvalue weighted by Gasteiger charge is 2.01. The summed E-state index contributed by atoms with van der Waals surface area (Å²) >= 11 is 7.34. The van der Waals surface area contributed by atoms with Crippen molar-refractivity contribution >= 4 is 34.7 Å². The second-order valence-electron chi connectivity index (χ2n) is 3.56. The molecule has 0 saturated carbocycles. The highest BCUT2D eigenvalue weighted by molar-refractivity contribution is 7.09. The Bertz CT molecular complexity index is 499. The van der Waals surface area contributed by atoms with Crippen molar-refractivity contribution < 1.29 is 4.79 Å². The number of hydrogen-bond donors (Lipinski definition) is 2. The van der Waals surface area contributed by atoms with E-state index in [4.69, 9.17) is 11.6 Å². The van der Waals surface area contributed by atoms with E-state index in [2.05, 4.69) is 15.6 Å². The van der Waals surface area contributed by atoms with Crippen molar-refractivity contribution in [2.45, 2.75) is 6.42 Å². The molecule has 0 fully saturated rings. The lowest BCUT2D eigenvalue weighted by Gasteiger charge is -2.06. The maximum absolute atomic E-state index is 11.6. The third kappa shape index (κ3) is 4.01. The van der Waals surface area contributed by atoms with Gasteiger partial charge in [-0.25, -0.2) is 9.78 Å². The minimum absolute atomic E-state index is 0.228. The minimum atomic E-state index is -0.228. The van der Waals surface area contributed by atoms with Crippen LogP contribution in [0.5, 0.6) is 0 Å². The summed E-state index contributed by atoms with van der Waals surface area (Å²) in [5, 5.41) is 9.07. The molecule has 6 heteroatoms. The SMILES string of the molecule is O=C(NCCc1nccs1)Nc1ccc(Cl)cc1. The number of thiazole rings is 1. The Morgan fingerprint density at radius 2 is 2.11 bits per heavy atom. The van der Waals surface area contributed by atoms with Gasteiger partial charge in [-0.3, -0.25) is 0 Å². The van der Waals surface area contributed by atoms with Gasteiger partial charge >= 0.3 is 6.03 Å². The predicted octanol–water partition coefficient (Wildman–Crippen LogP) is 3.16. The summed E-state index contributed by atoms with van der Waals surface area (Å²) in [6, 6.07) is 6.74. The molecule has 1 aromatic carbocycles. The number of rotatable bonds is 4. The first kappa shape index (κ1) is 12.9. The van der Waals surface area contributed by atoms with E-state index >= 15 is 0 Å². The van der Waals surface area contributed by atoms with E-state index in [0.717, 1.165) is 11.4 Å². The number of carbonyl (C=O) groups excluding carboxylic acids is 1. The van der Waals surface area contributed by atoms with Crippen LogP contribution in [0.3, 0.4) is 0 Å². The molecule has 1 heterocycles. The lowest BCUT2D eigenvalue weighted by atomic mass is 10.3. The number of urea groups is 1. The summed E-state index contributed by atoms with van der Waals surface area (Å²) in [6.07, 6.45) is 2.50. The van der Waals surface area contributed by atoms with Crippen molar-refractivity contribution in [3.63, 3.8) is 0 Å². The van der Waals surface area contributed by atoms with Gasteiger partial charge in [0, 0.05) is 35.3 Å². The molecule has 0 atom stereocenters. The zero-order valence-corrected chi connectivity index (χ0v) is 11.1. The average Bonchev–Trinajstić information content (AvgIpc) is 2.85. The Labute approximate surface area is 114 Å². The third-order valence-corrected chi connectivity index (χ3v) is 3.30. The van der Waals surface area contributed by atoms with Crippen LogP contribution in [0, 0.1) is 0 Å². The number of aromatic nitrogens is 1. The zero-order chi connectivity index (χ0) is 12.8. The van der Waals surface area contributed by atoms with Gasteiger partial charge in [0.1, 0.15) is 0 Å². The number of nitrogens with one attached hydrogen (secondary N) is 2. The average molecular weight is 282 g/mol. The Kier molecular flexibility index (Phi) is 4.55. The summed E-state index contributed by atoms with van der Waals surface area (Å²) < 4.78 is 0. The van der Waals surface area contributed by atoms with Crippen LogP contribution in [-0.2, 0) is 6.42 Å². The van der Waals surface area contributed by atoms with Crippen LogP contribution in [0.1, 0.15) is 5.01 Å². The topological polar surface area (TPSA) is 54.0 Å². The molecule has 4 nitrogen and oxygen atoms in total. The summed E-state index contributed by atoms with van der Waals surface area (Å²) in [6.45, 7) is 0.562. The molecule has 0 unspecified atom stereocenters. The van der Waals surface area contributed by atoms with Crippen LogP contribution < -0.4 is 10.6 Å². The number of halogens is 1. The molecule has 2 rings (SSSR count). The molecular weight excluding hydrogens is 270 g/mol. The van der Waals surface area contributed by atoms with E-state index in [1.54, 1.807) is 41.8 Å². The predicted molar refractivity (Wildman–Crippen MR) is 74.3 cm³/mol. The molecule has 0 aliphatic carbocycles. The third-order valence-electron chi connectivity index (χ3n) is 2.21. The van der Waals surface area contributed by atoms with Gasteiger partial charge in [-0.15, -0.1) is 11.3 Å². The van der Waals surface area contributed by atoms with Gasteiger partial charge in [0.15, 0.2) is 0 Å². The summed E-state index contributed by atoms with van der Waals surface area (Å²) in [5.74, 6) is 0. The summed E-state index contributed by atoms with van der Waals surface area (Å²) in [5.41, 5.74) is 0.714. The molecule has 0 bridgehead atoms. The van der Waals surface area contributed by atoms with E-state index in [1.807, 2.05) is 5.38 Å². The fourth-order valence-corrected chi connectivity index (χ4v) is 2.11. The molecular formula is C12H12ClN3OS. The van der Waals surface area contributed by atoms with E-state index in [1.165, 1.54) is 0 Å². The second kappa shape index (κ2) is 6.37. The first-order valence-electron chi connectivity index (χ1n) is 5.43. The fraction of sp³-hybridized carbons (Fsp3) is 0.167. The lowest BCUT2D eigenvalue weighted by molar-refractivity contribution is 0.252. The maximum Gasteiger partial charge on any atom is 0.319 e. The summed E-state index contributed by atoms with van der Waals surface area (Å²) in [4.78, 5) is 15.7. The molecule has 0 radical (unpaired) electrons. The van der Waals surface area contributed by atoms with Crippen molar-refractivity contribution in [3.8, 4) is 0 Å². The molecule has 18 heavy (non-hydrogen) atoms. The van der Waals surface area contributed by atoms with Crippen LogP contribution in [0.4, 0.5) is 10.5 Å². The van der Waals surface area contributed by atoms with Crippen LogP contribution in [0.15, 0.2) is 35.8 Å². The number of benzene rings is 1. The Balaban J connectivity index is 1.73. The molecule has 0 spiro atoms. The fourth-order valence-electron chi connectivity index (χ4n) is 1.37. The van der Waals surface area contributed by atoms with Crippen molar-refractivity contribution in [1.82, 2.24) is 10.3 Å². The molecule has 2 amide bonds. The Morgan fingerprint density at radius 1 is 1.33 bits per heavy atom. The van der Waals surface area contributed by atoms with Crippen molar-refractivity contribution in [2.24, 2.45) is 0 Å². The van der Waals surface area contributed by atoms with Gasteiger partial charge in [0.05, 0.1) is 5.01 Å². The first-order valence-corrected chi connectivity index (χ1v) is 6.68. The molecule has 0 saturated heterocycles. The van der Waals surface area contributed by atoms with Gasteiger partial charge < -0.3 is 10.6 Å². The van der Waals surface area contributed by atoms with E-state index < -0.39 is 0 Å². The molecule has 1 aromatic heterocycles. The standard InChI is InChI=1S/C12H12ClN3OS/c13-9-1-3-10(4-2-9)16-12(17)15-6-5-11-14-7-8-18-11/h1-4,7-8H,5-6H2,(H2,15,16,17). The second-order valence-corrected chi connectivity index (χ2v) is 4.98. The number of anilines is 1. The van der Waals surface area contributed by atoms with Crippen molar-refractivity contribution in [1.29, 1.82) is 0 Å². The smallest absolute Gasteiger partial charge is 0.319 e.